The number of nitrogens with zero attached hydrogens (tertiary/aromatic N) is 1. The topological polar surface area (TPSA) is 49.4 Å². The standard InChI is InChI=1S/C24H22N2O2S/c27-23-19-7-2-1-6-17(19)18-10-9-16(14-20(18)23)24(28)25-15-21(22-8-5-13-29-22)26-11-3-4-12-26/h1-2,5-10,13-14,21H,3-4,11-12,15H2,(H,25,28). The number of hydrogen-bond donors (Lipinski definition) is 1. The first-order valence-electron chi connectivity index (χ1n) is 10.1. The lowest BCUT2D eigenvalue weighted by atomic mass is 10.0. The molecular weight excluding hydrogens is 380 g/mol. The number of ketones is 1. The minimum Gasteiger partial charge on any atom is -0.350 e. The molecule has 5 rings (SSSR count). The Hall–Kier alpha value is -2.76. The fourth-order valence-corrected chi connectivity index (χ4v) is 5.27. The van der Waals surface area contributed by atoms with Crippen molar-refractivity contribution in [3.8, 4) is 11.1 Å². The van der Waals surface area contributed by atoms with Gasteiger partial charge in [-0.15, -0.1) is 11.3 Å². The Morgan fingerprint density at radius 1 is 0.966 bits per heavy atom. The van der Waals surface area contributed by atoms with E-state index in [0.29, 0.717) is 23.2 Å². The second kappa shape index (κ2) is 7.58. The van der Waals surface area contributed by atoms with Crippen LogP contribution in [0.5, 0.6) is 0 Å². The predicted octanol–water partition coefficient (Wildman–Crippen LogP) is 4.53. The first kappa shape index (κ1) is 18.3. The Labute approximate surface area is 174 Å². The SMILES string of the molecule is O=C(NCC(c1cccs1)N1CCCC1)c1ccc2c(c1)C(=O)c1ccccc1-2. The van der Waals surface area contributed by atoms with E-state index in [4.69, 9.17) is 0 Å². The molecule has 4 nitrogen and oxygen atoms in total. The molecule has 1 aromatic heterocycles. The van der Waals surface area contributed by atoms with Crippen LogP contribution >= 0.6 is 11.3 Å². The lowest BCUT2D eigenvalue weighted by molar-refractivity contribution is 0.0938. The lowest BCUT2D eigenvalue weighted by Crippen LogP contribution is -2.36. The molecule has 1 aliphatic carbocycles. The van der Waals surface area contributed by atoms with E-state index in [1.165, 1.54) is 17.7 Å². The van der Waals surface area contributed by atoms with Gasteiger partial charge in [-0.1, -0.05) is 36.4 Å². The Bertz CT molecular complexity index is 1070. The summed E-state index contributed by atoms with van der Waals surface area (Å²) in [6, 6.07) is 17.5. The van der Waals surface area contributed by atoms with Crippen LogP contribution in [0.1, 0.15) is 50.0 Å². The second-order valence-electron chi connectivity index (χ2n) is 7.62. The highest BCUT2D eigenvalue weighted by Crippen LogP contribution is 2.36. The number of benzene rings is 2. The van der Waals surface area contributed by atoms with Crippen molar-refractivity contribution in [1.82, 2.24) is 10.2 Å². The normalized spacial score (nSPS) is 16.5. The summed E-state index contributed by atoms with van der Waals surface area (Å²) in [4.78, 5) is 29.3. The maximum Gasteiger partial charge on any atom is 0.251 e. The molecule has 1 aliphatic heterocycles. The van der Waals surface area contributed by atoms with Crippen LogP contribution in [-0.4, -0.2) is 36.2 Å². The summed E-state index contributed by atoms with van der Waals surface area (Å²) in [5.41, 5.74) is 3.73. The van der Waals surface area contributed by atoms with Crippen molar-refractivity contribution in [3.63, 3.8) is 0 Å². The molecule has 1 atom stereocenters. The molecular formula is C24H22N2O2S. The molecule has 146 valence electrons. The van der Waals surface area contributed by atoms with Crippen LogP contribution in [0.15, 0.2) is 60.0 Å². The third-order valence-electron chi connectivity index (χ3n) is 5.90. The molecule has 0 saturated carbocycles. The van der Waals surface area contributed by atoms with E-state index in [9.17, 15) is 9.59 Å². The molecule has 5 heteroatoms. The van der Waals surface area contributed by atoms with Gasteiger partial charge in [0.25, 0.3) is 5.91 Å². The Morgan fingerprint density at radius 2 is 1.72 bits per heavy atom. The largest absolute Gasteiger partial charge is 0.350 e. The summed E-state index contributed by atoms with van der Waals surface area (Å²) in [5.74, 6) is -0.129. The zero-order valence-corrected chi connectivity index (χ0v) is 16.9. The summed E-state index contributed by atoms with van der Waals surface area (Å²) in [5, 5.41) is 5.19. The lowest BCUT2D eigenvalue weighted by Gasteiger charge is -2.27. The van der Waals surface area contributed by atoms with Gasteiger partial charge in [0.2, 0.25) is 0 Å². The maximum atomic E-state index is 12.9. The van der Waals surface area contributed by atoms with Gasteiger partial charge in [-0.05, 0) is 60.6 Å². The van der Waals surface area contributed by atoms with Crippen LogP contribution in [0.3, 0.4) is 0 Å². The van der Waals surface area contributed by atoms with Gasteiger partial charge in [0.05, 0.1) is 6.04 Å². The van der Waals surface area contributed by atoms with E-state index in [1.54, 1.807) is 17.4 Å². The first-order valence-corrected chi connectivity index (χ1v) is 10.9. The van der Waals surface area contributed by atoms with Gasteiger partial charge in [-0.3, -0.25) is 14.5 Å². The number of thiophene rings is 1. The fourth-order valence-electron chi connectivity index (χ4n) is 4.40. The molecule has 2 heterocycles. The van der Waals surface area contributed by atoms with E-state index in [1.807, 2.05) is 36.4 Å². The minimum absolute atomic E-state index is 0.00113. The van der Waals surface area contributed by atoms with Crippen molar-refractivity contribution >= 4 is 23.0 Å². The van der Waals surface area contributed by atoms with E-state index in [2.05, 4.69) is 27.7 Å². The highest BCUT2D eigenvalue weighted by molar-refractivity contribution is 7.10. The minimum atomic E-state index is -0.127. The molecule has 1 N–H and O–H groups in total. The number of hydrogen-bond acceptors (Lipinski definition) is 4. The Kier molecular flexibility index (Phi) is 4.78. The fraction of sp³-hybridized carbons (Fsp3) is 0.250. The Morgan fingerprint density at radius 3 is 2.48 bits per heavy atom. The van der Waals surface area contributed by atoms with Crippen LogP contribution in [0, 0.1) is 0 Å². The molecule has 29 heavy (non-hydrogen) atoms. The summed E-state index contributed by atoms with van der Waals surface area (Å²) in [6.07, 6.45) is 2.42. The van der Waals surface area contributed by atoms with Gasteiger partial charge in [0, 0.05) is 28.1 Å². The van der Waals surface area contributed by atoms with Crippen molar-refractivity contribution in [3.05, 3.63) is 81.5 Å². The van der Waals surface area contributed by atoms with Gasteiger partial charge < -0.3 is 5.32 Å². The smallest absolute Gasteiger partial charge is 0.251 e. The number of nitrogens with one attached hydrogen (secondary N) is 1. The highest BCUT2D eigenvalue weighted by atomic mass is 32.1. The number of rotatable bonds is 5. The van der Waals surface area contributed by atoms with Crippen molar-refractivity contribution in [2.24, 2.45) is 0 Å². The number of amides is 1. The van der Waals surface area contributed by atoms with Gasteiger partial charge in [0.1, 0.15) is 0 Å². The zero-order valence-electron chi connectivity index (χ0n) is 16.1. The molecule has 0 spiro atoms. The van der Waals surface area contributed by atoms with Crippen molar-refractivity contribution in [2.45, 2.75) is 18.9 Å². The van der Waals surface area contributed by atoms with Crippen LogP contribution in [0.2, 0.25) is 0 Å². The summed E-state index contributed by atoms with van der Waals surface area (Å²) in [6.45, 7) is 2.72. The third-order valence-corrected chi connectivity index (χ3v) is 6.87. The van der Waals surface area contributed by atoms with Crippen molar-refractivity contribution in [1.29, 1.82) is 0 Å². The third kappa shape index (κ3) is 3.30. The van der Waals surface area contributed by atoms with E-state index in [0.717, 1.165) is 24.2 Å². The maximum absolute atomic E-state index is 12.9. The molecule has 1 amide bonds. The van der Waals surface area contributed by atoms with E-state index in [-0.39, 0.29) is 17.7 Å². The quantitative estimate of drug-likeness (QED) is 0.534. The van der Waals surface area contributed by atoms with Crippen LogP contribution in [0.4, 0.5) is 0 Å². The van der Waals surface area contributed by atoms with Crippen molar-refractivity contribution in [2.75, 3.05) is 19.6 Å². The summed E-state index contributed by atoms with van der Waals surface area (Å²) >= 11 is 1.74. The van der Waals surface area contributed by atoms with Crippen molar-refractivity contribution < 1.29 is 9.59 Å². The van der Waals surface area contributed by atoms with E-state index >= 15 is 0 Å². The summed E-state index contributed by atoms with van der Waals surface area (Å²) in [7, 11) is 0. The monoisotopic (exact) mass is 402 g/mol. The molecule has 2 aliphatic rings. The van der Waals surface area contributed by atoms with E-state index < -0.39 is 0 Å². The predicted molar refractivity (Wildman–Crippen MR) is 116 cm³/mol. The van der Waals surface area contributed by atoms with Gasteiger partial charge in [0.15, 0.2) is 5.78 Å². The highest BCUT2D eigenvalue weighted by Gasteiger charge is 2.28. The zero-order chi connectivity index (χ0) is 19.8. The summed E-state index contributed by atoms with van der Waals surface area (Å²) < 4.78 is 0. The molecule has 1 fully saturated rings. The molecule has 3 aromatic rings. The van der Waals surface area contributed by atoms with Crippen LogP contribution < -0.4 is 5.32 Å². The van der Waals surface area contributed by atoms with Gasteiger partial charge >= 0.3 is 0 Å². The van der Waals surface area contributed by atoms with Crippen LogP contribution in [0.25, 0.3) is 11.1 Å². The molecule has 1 unspecified atom stereocenters. The second-order valence-corrected chi connectivity index (χ2v) is 8.60. The van der Waals surface area contributed by atoms with Gasteiger partial charge in [-0.25, -0.2) is 0 Å². The average Bonchev–Trinajstić information content (AvgIpc) is 3.51. The molecule has 1 saturated heterocycles. The molecule has 0 radical (unpaired) electrons. The molecule has 0 bridgehead atoms. The number of carbonyl (C=O) groups excluding carboxylic acids is 2. The number of carbonyl (C=O) groups is 2. The average molecular weight is 403 g/mol. The molecule has 2 aromatic carbocycles. The first-order chi connectivity index (χ1) is 14.2. The Balaban J connectivity index is 1.34. The van der Waals surface area contributed by atoms with Crippen LogP contribution in [-0.2, 0) is 0 Å². The van der Waals surface area contributed by atoms with Gasteiger partial charge in [-0.2, -0.15) is 0 Å². The number of fused-ring (bicyclic) bond motifs is 3. The number of likely N-dealkylation sites (tertiary alicyclic amines) is 1.